The van der Waals surface area contributed by atoms with Gasteiger partial charge in [0.25, 0.3) is 11.8 Å². The Balaban J connectivity index is 1.84. The molecule has 3 N–H and O–H groups in total. The van der Waals surface area contributed by atoms with Gasteiger partial charge in [0.05, 0.1) is 5.71 Å². The van der Waals surface area contributed by atoms with Crippen molar-refractivity contribution in [3.8, 4) is 5.75 Å². The quantitative estimate of drug-likeness (QED) is 0.217. The van der Waals surface area contributed by atoms with Crippen molar-refractivity contribution >= 4 is 23.6 Å². The number of hydrazone groups is 1. The van der Waals surface area contributed by atoms with Gasteiger partial charge in [0.15, 0.2) is 0 Å². The fourth-order valence-electron chi connectivity index (χ4n) is 2.99. The van der Waals surface area contributed by atoms with Crippen molar-refractivity contribution in [3.05, 3.63) is 119 Å². The molecule has 3 aromatic rings. The Morgan fingerprint density at radius 2 is 1.42 bits per heavy atom. The molecule has 6 nitrogen and oxygen atoms in total. The Bertz CT molecular complexity index is 1200. The second-order valence-electron chi connectivity index (χ2n) is 7.36. The maximum absolute atomic E-state index is 12.9. The lowest BCUT2D eigenvalue weighted by Crippen LogP contribution is -2.33. The van der Waals surface area contributed by atoms with Crippen LogP contribution in [0.2, 0.25) is 0 Å². The minimum Gasteiger partial charge on any atom is -0.508 e. The number of nitrogens with zero attached hydrogens (tertiary/aromatic N) is 1. The lowest BCUT2D eigenvalue weighted by atomic mass is 10.1. The average molecular weight is 440 g/mol. The van der Waals surface area contributed by atoms with E-state index >= 15 is 0 Å². The first-order chi connectivity index (χ1) is 15.9. The summed E-state index contributed by atoms with van der Waals surface area (Å²) in [5, 5.41) is 16.3. The highest BCUT2D eigenvalue weighted by Crippen LogP contribution is 2.11. The van der Waals surface area contributed by atoms with Gasteiger partial charge in [0, 0.05) is 5.56 Å². The van der Waals surface area contributed by atoms with E-state index < -0.39 is 11.8 Å². The molecular weight excluding hydrogens is 414 g/mol. The van der Waals surface area contributed by atoms with E-state index in [4.69, 9.17) is 0 Å². The van der Waals surface area contributed by atoms with Gasteiger partial charge in [-0.25, -0.2) is 5.43 Å². The number of rotatable bonds is 7. The number of benzene rings is 3. The number of aromatic hydroxyl groups is 1. The van der Waals surface area contributed by atoms with Gasteiger partial charge in [-0.15, -0.1) is 0 Å². The number of phenolic OH excluding ortho intramolecular Hbond substituents is 1. The molecule has 0 atom stereocenters. The van der Waals surface area contributed by atoms with Crippen LogP contribution < -0.4 is 10.7 Å². The van der Waals surface area contributed by atoms with Crippen LogP contribution >= 0.6 is 0 Å². The SMILES string of the molecule is CC(=NNC(=O)/C(=C/C(C)=C\c1ccccc1)NC(=O)c1ccccc1)c1ccc(O)cc1. The van der Waals surface area contributed by atoms with Crippen LogP contribution in [0, 0.1) is 0 Å². The predicted octanol–water partition coefficient (Wildman–Crippen LogP) is 4.65. The van der Waals surface area contributed by atoms with Gasteiger partial charge >= 0.3 is 0 Å². The summed E-state index contributed by atoms with van der Waals surface area (Å²) in [7, 11) is 0. The first kappa shape index (κ1) is 23.2. The molecule has 33 heavy (non-hydrogen) atoms. The molecule has 0 saturated heterocycles. The van der Waals surface area contributed by atoms with Crippen molar-refractivity contribution in [1.29, 1.82) is 0 Å². The van der Waals surface area contributed by atoms with Crippen LogP contribution in [0.5, 0.6) is 5.75 Å². The number of carbonyl (C=O) groups excluding carboxylic acids is 2. The van der Waals surface area contributed by atoms with E-state index in [0.717, 1.165) is 16.7 Å². The molecule has 6 heteroatoms. The highest BCUT2D eigenvalue weighted by molar-refractivity contribution is 6.04. The zero-order valence-electron chi connectivity index (χ0n) is 18.4. The van der Waals surface area contributed by atoms with Gasteiger partial charge in [-0.3, -0.25) is 9.59 Å². The van der Waals surface area contributed by atoms with Crippen LogP contribution in [0.3, 0.4) is 0 Å². The number of carbonyl (C=O) groups is 2. The van der Waals surface area contributed by atoms with Gasteiger partial charge in [0.2, 0.25) is 0 Å². The number of amides is 2. The number of nitrogens with one attached hydrogen (secondary N) is 2. The summed E-state index contributed by atoms with van der Waals surface area (Å²) < 4.78 is 0. The van der Waals surface area contributed by atoms with Crippen molar-refractivity contribution in [3.63, 3.8) is 0 Å². The third-order valence-electron chi connectivity index (χ3n) is 4.70. The van der Waals surface area contributed by atoms with E-state index in [1.165, 1.54) is 0 Å². The fraction of sp³-hybridized carbons (Fsp3) is 0.0741. The molecule has 166 valence electrons. The van der Waals surface area contributed by atoms with Crippen molar-refractivity contribution in [2.45, 2.75) is 13.8 Å². The topological polar surface area (TPSA) is 90.8 Å². The monoisotopic (exact) mass is 439 g/mol. The molecular formula is C27H25N3O3. The summed E-state index contributed by atoms with van der Waals surface area (Å²) in [4.78, 5) is 25.6. The minimum atomic E-state index is -0.557. The first-order valence-electron chi connectivity index (χ1n) is 10.4. The Morgan fingerprint density at radius 3 is 2.06 bits per heavy atom. The second kappa shape index (κ2) is 11.2. The summed E-state index contributed by atoms with van der Waals surface area (Å²) in [5.74, 6) is -0.813. The van der Waals surface area contributed by atoms with Gasteiger partial charge in [0.1, 0.15) is 11.4 Å². The Labute approximate surface area is 193 Å². The van der Waals surface area contributed by atoms with Crippen molar-refractivity contribution in [2.75, 3.05) is 0 Å². The number of allylic oxidation sites excluding steroid dienone is 2. The molecule has 0 spiro atoms. The zero-order valence-corrected chi connectivity index (χ0v) is 18.4. The predicted molar refractivity (Wildman–Crippen MR) is 131 cm³/mol. The first-order valence-corrected chi connectivity index (χ1v) is 10.4. The third-order valence-corrected chi connectivity index (χ3v) is 4.70. The number of hydrogen-bond acceptors (Lipinski definition) is 4. The lowest BCUT2D eigenvalue weighted by Gasteiger charge is -2.10. The molecule has 0 radical (unpaired) electrons. The van der Waals surface area contributed by atoms with Crippen molar-refractivity contribution in [2.24, 2.45) is 5.10 Å². The molecule has 0 saturated carbocycles. The number of phenols is 1. The van der Waals surface area contributed by atoms with Crippen molar-refractivity contribution in [1.82, 2.24) is 10.7 Å². The van der Waals surface area contributed by atoms with Crippen LogP contribution in [0.25, 0.3) is 6.08 Å². The van der Waals surface area contributed by atoms with E-state index in [9.17, 15) is 14.7 Å². The molecule has 0 unspecified atom stereocenters. The molecule has 0 bridgehead atoms. The summed E-state index contributed by atoms with van der Waals surface area (Å²) in [6.45, 7) is 3.58. The normalized spacial score (nSPS) is 12.2. The maximum atomic E-state index is 12.9. The fourth-order valence-corrected chi connectivity index (χ4v) is 2.99. The van der Waals surface area contributed by atoms with Crippen molar-refractivity contribution < 1.29 is 14.7 Å². The standard InChI is InChI=1S/C27H25N3O3/c1-19(17-21-9-5-3-6-10-21)18-25(28-26(32)23-11-7-4-8-12-23)27(33)30-29-20(2)22-13-15-24(31)16-14-22/h3-18,31H,1-2H3,(H,28,32)(H,30,33)/b19-17-,25-18-,29-20?. The van der Waals surface area contributed by atoms with E-state index in [0.29, 0.717) is 11.3 Å². The average Bonchev–Trinajstić information content (AvgIpc) is 2.83. The Hall–Kier alpha value is -4.45. The number of hydrogen-bond donors (Lipinski definition) is 3. The molecule has 0 fully saturated rings. The summed E-state index contributed by atoms with van der Waals surface area (Å²) in [6.07, 6.45) is 3.52. The second-order valence-corrected chi connectivity index (χ2v) is 7.36. The molecule has 0 aliphatic heterocycles. The van der Waals surface area contributed by atoms with Crippen LogP contribution in [-0.4, -0.2) is 22.6 Å². The minimum absolute atomic E-state index is 0.0655. The van der Waals surface area contributed by atoms with Gasteiger partial charge in [-0.2, -0.15) is 5.10 Å². The highest BCUT2D eigenvalue weighted by Gasteiger charge is 2.14. The molecule has 0 heterocycles. The molecule has 0 aliphatic carbocycles. The third kappa shape index (κ3) is 7.04. The van der Waals surface area contributed by atoms with Crippen LogP contribution in [0.15, 0.2) is 107 Å². The molecule has 2 amide bonds. The van der Waals surface area contributed by atoms with Gasteiger partial charge in [-0.05, 0) is 73.0 Å². The molecule has 3 aromatic carbocycles. The lowest BCUT2D eigenvalue weighted by molar-refractivity contribution is -0.117. The van der Waals surface area contributed by atoms with E-state index in [1.807, 2.05) is 49.4 Å². The van der Waals surface area contributed by atoms with Crippen LogP contribution in [0.1, 0.15) is 35.3 Å². The van der Waals surface area contributed by atoms with E-state index in [-0.39, 0.29) is 11.4 Å². The Kier molecular flexibility index (Phi) is 7.91. The van der Waals surface area contributed by atoms with E-state index in [2.05, 4.69) is 15.8 Å². The smallest absolute Gasteiger partial charge is 0.287 e. The van der Waals surface area contributed by atoms with Gasteiger partial charge in [-0.1, -0.05) is 54.6 Å². The van der Waals surface area contributed by atoms with Crippen LogP contribution in [-0.2, 0) is 4.79 Å². The van der Waals surface area contributed by atoms with Gasteiger partial charge < -0.3 is 10.4 Å². The van der Waals surface area contributed by atoms with Crippen LogP contribution in [0.4, 0.5) is 0 Å². The molecule has 0 aliphatic rings. The summed E-state index contributed by atoms with van der Waals surface area (Å²) in [6, 6.07) is 24.8. The summed E-state index contributed by atoms with van der Waals surface area (Å²) >= 11 is 0. The summed E-state index contributed by atoms with van der Waals surface area (Å²) in [5.41, 5.74) is 6.04. The Morgan fingerprint density at radius 1 is 0.818 bits per heavy atom. The molecule has 3 rings (SSSR count). The largest absolute Gasteiger partial charge is 0.508 e. The maximum Gasteiger partial charge on any atom is 0.287 e. The highest BCUT2D eigenvalue weighted by atomic mass is 16.3. The van der Waals surface area contributed by atoms with E-state index in [1.54, 1.807) is 61.5 Å². The molecule has 0 aromatic heterocycles. The zero-order chi connectivity index (χ0) is 23.6.